The molecule has 3 heterocycles. The molecular formula is C16H22ClN5O2S. The highest BCUT2D eigenvalue weighted by Crippen LogP contribution is 2.30. The highest BCUT2D eigenvalue weighted by Gasteiger charge is 2.32. The Morgan fingerprint density at radius 1 is 1.04 bits per heavy atom. The summed E-state index contributed by atoms with van der Waals surface area (Å²) in [6.45, 7) is 3.64. The molecule has 0 amide bonds. The first-order valence-electron chi connectivity index (χ1n) is 8.34. The average molecular weight is 384 g/mol. The standard InChI is InChI=1S/C16H21N5O2S.ClH/c22-24(23,14-4-2-1-3-5-14)20-9-6-13(7-10-20)16-19-18-15-12-17-8-11-21(15)16;/h1-5,13,17H,6-12H2;1H. The fourth-order valence-corrected chi connectivity index (χ4v) is 5.00. The number of fused-ring (bicyclic) bond motifs is 1. The normalized spacial score (nSPS) is 19.2. The zero-order valence-corrected chi connectivity index (χ0v) is 15.5. The molecule has 2 aliphatic heterocycles. The van der Waals surface area contributed by atoms with E-state index in [0.717, 1.165) is 44.1 Å². The van der Waals surface area contributed by atoms with Gasteiger partial charge in [0.05, 0.1) is 11.4 Å². The molecule has 0 radical (unpaired) electrons. The van der Waals surface area contributed by atoms with Crippen LogP contribution in [0.4, 0.5) is 0 Å². The van der Waals surface area contributed by atoms with Gasteiger partial charge in [0.1, 0.15) is 11.6 Å². The topological polar surface area (TPSA) is 80.1 Å². The Hall–Kier alpha value is -1.48. The molecule has 7 nitrogen and oxygen atoms in total. The Morgan fingerprint density at radius 2 is 1.76 bits per heavy atom. The molecule has 25 heavy (non-hydrogen) atoms. The van der Waals surface area contributed by atoms with Gasteiger partial charge in [0.15, 0.2) is 0 Å². The van der Waals surface area contributed by atoms with Crippen molar-refractivity contribution in [1.29, 1.82) is 0 Å². The van der Waals surface area contributed by atoms with E-state index in [1.165, 1.54) is 0 Å². The lowest BCUT2D eigenvalue weighted by Crippen LogP contribution is -2.38. The number of rotatable bonds is 3. The van der Waals surface area contributed by atoms with Crippen LogP contribution >= 0.6 is 12.4 Å². The van der Waals surface area contributed by atoms with Gasteiger partial charge < -0.3 is 9.88 Å². The van der Waals surface area contributed by atoms with E-state index in [4.69, 9.17) is 0 Å². The first-order valence-corrected chi connectivity index (χ1v) is 9.78. The predicted octanol–water partition coefficient (Wildman–Crippen LogP) is 1.37. The van der Waals surface area contributed by atoms with E-state index < -0.39 is 10.0 Å². The highest BCUT2D eigenvalue weighted by atomic mass is 35.5. The smallest absolute Gasteiger partial charge is 0.243 e. The minimum atomic E-state index is -3.39. The van der Waals surface area contributed by atoms with Gasteiger partial charge in [0.2, 0.25) is 10.0 Å². The Kier molecular flexibility index (Phi) is 5.43. The largest absolute Gasteiger partial charge is 0.312 e. The molecule has 1 aromatic carbocycles. The predicted molar refractivity (Wildman–Crippen MR) is 96.2 cm³/mol. The highest BCUT2D eigenvalue weighted by molar-refractivity contribution is 7.89. The van der Waals surface area contributed by atoms with E-state index in [-0.39, 0.29) is 18.3 Å². The van der Waals surface area contributed by atoms with Gasteiger partial charge in [-0.25, -0.2) is 8.42 Å². The van der Waals surface area contributed by atoms with E-state index in [9.17, 15) is 8.42 Å². The zero-order chi connectivity index (χ0) is 16.6. The first-order chi connectivity index (χ1) is 11.7. The Labute approximate surface area is 153 Å². The molecule has 4 rings (SSSR count). The van der Waals surface area contributed by atoms with Gasteiger partial charge in [-0.15, -0.1) is 22.6 Å². The molecule has 1 N–H and O–H groups in total. The summed E-state index contributed by atoms with van der Waals surface area (Å²) in [6, 6.07) is 8.66. The van der Waals surface area contributed by atoms with Crippen molar-refractivity contribution >= 4 is 22.4 Å². The number of halogens is 1. The molecule has 0 aliphatic carbocycles. The summed E-state index contributed by atoms with van der Waals surface area (Å²) >= 11 is 0. The number of nitrogens with one attached hydrogen (secondary N) is 1. The molecule has 1 fully saturated rings. The van der Waals surface area contributed by atoms with Crippen LogP contribution in [-0.4, -0.2) is 47.1 Å². The number of sulfonamides is 1. The number of hydrogen-bond acceptors (Lipinski definition) is 5. The van der Waals surface area contributed by atoms with Crippen LogP contribution in [0.1, 0.15) is 30.4 Å². The van der Waals surface area contributed by atoms with Crippen LogP contribution < -0.4 is 5.32 Å². The van der Waals surface area contributed by atoms with Gasteiger partial charge in [-0.3, -0.25) is 0 Å². The lowest BCUT2D eigenvalue weighted by molar-refractivity contribution is 0.307. The Bertz CT molecular complexity index is 816. The number of piperidine rings is 1. The van der Waals surface area contributed by atoms with E-state index in [1.54, 1.807) is 28.6 Å². The fourth-order valence-electron chi connectivity index (χ4n) is 3.51. The second kappa shape index (κ2) is 7.41. The molecule has 0 atom stereocenters. The summed E-state index contributed by atoms with van der Waals surface area (Å²) < 4.78 is 29.2. The van der Waals surface area contributed by atoms with Crippen LogP contribution in [0.25, 0.3) is 0 Å². The van der Waals surface area contributed by atoms with Crippen molar-refractivity contribution in [3.05, 3.63) is 42.0 Å². The minimum Gasteiger partial charge on any atom is -0.312 e. The van der Waals surface area contributed by atoms with Crippen LogP contribution in [0.3, 0.4) is 0 Å². The maximum atomic E-state index is 12.7. The van der Waals surface area contributed by atoms with E-state index in [0.29, 0.717) is 18.0 Å². The second-order valence-electron chi connectivity index (χ2n) is 6.29. The van der Waals surface area contributed by atoms with Crippen molar-refractivity contribution in [3.63, 3.8) is 0 Å². The average Bonchev–Trinajstić information content (AvgIpc) is 3.07. The summed E-state index contributed by atoms with van der Waals surface area (Å²) in [7, 11) is -3.39. The number of hydrogen-bond donors (Lipinski definition) is 1. The van der Waals surface area contributed by atoms with Crippen molar-refractivity contribution in [2.75, 3.05) is 19.6 Å². The summed E-state index contributed by atoms with van der Waals surface area (Å²) in [5, 5.41) is 11.9. The van der Waals surface area contributed by atoms with Crippen molar-refractivity contribution in [1.82, 2.24) is 24.4 Å². The fraction of sp³-hybridized carbons (Fsp3) is 0.500. The van der Waals surface area contributed by atoms with E-state index in [2.05, 4.69) is 20.1 Å². The van der Waals surface area contributed by atoms with Gasteiger partial charge in [0, 0.05) is 32.1 Å². The third-order valence-corrected chi connectivity index (χ3v) is 6.76. The molecule has 0 unspecified atom stereocenters. The van der Waals surface area contributed by atoms with Crippen molar-refractivity contribution in [3.8, 4) is 0 Å². The Balaban J connectivity index is 0.00000182. The molecule has 2 aromatic rings. The van der Waals surface area contributed by atoms with Gasteiger partial charge in [-0.1, -0.05) is 18.2 Å². The summed E-state index contributed by atoms with van der Waals surface area (Å²) in [5.41, 5.74) is 0. The third kappa shape index (κ3) is 3.44. The summed E-state index contributed by atoms with van der Waals surface area (Å²) in [4.78, 5) is 0.370. The quantitative estimate of drug-likeness (QED) is 0.865. The van der Waals surface area contributed by atoms with Crippen molar-refractivity contribution in [2.45, 2.75) is 36.7 Å². The van der Waals surface area contributed by atoms with Crippen LogP contribution in [0.5, 0.6) is 0 Å². The SMILES string of the molecule is Cl.O=S(=O)(c1ccccc1)N1CCC(c2nnc3n2CCNC3)CC1. The van der Waals surface area contributed by atoms with Crippen LogP contribution in [0.2, 0.25) is 0 Å². The zero-order valence-electron chi connectivity index (χ0n) is 13.8. The third-order valence-electron chi connectivity index (χ3n) is 4.85. The number of benzene rings is 1. The molecule has 0 bridgehead atoms. The van der Waals surface area contributed by atoms with Gasteiger partial charge in [-0.2, -0.15) is 4.31 Å². The number of nitrogens with zero attached hydrogens (tertiary/aromatic N) is 4. The van der Waals surface area contributed by atoms with Gasteiger partial charge in [-0.05, 0) is 25.0 Å². The molecule has 0 saturated carbocycles. The van der Waals surface area contributed by atoms with Crippen LogP contribution in [0, 0.1) is 0 Å². The first kappa shape index (κ1) is 18.3. The van der Waals surface area contributed by atoms with Crippen LogP contribution in [-0.2, 0) is 23.1 Å². The van der Waals surface area contributed by atoms with E-state index >= 15 is 0 Å². The number of aromatic nitrogens is 3. The maximum absolute atomic E-state index is 12.7. The summed E-state index contributed by atoms with van der Waals surface area (Å²) in [6.07, 6.45) is 1.58. The minimum absolute atomic E-state index is 0. The van der Waals surface area contributed by atoms with Gasteiger partial charge >= 0.3 is 0 Å². The summed E-state index contributed by atoms with van der Waals surface area (Å²) in [5.74, 6) is 2.28. The Morgan fingerprint density at radius 3 is 2.48 bits per heavy atom. The molecule has 1 saturated heterocycles. The molecule has 2 aliphatic rings. The monoisotopic (exact) mass is 383 g/mol. The van der Waals surface area contributed by atoms with Crippen molar-refractivity contribution < 1.29 is 8.42 Å². The molecule has 9 heteroatoms. The lowest BCUT2D eigenvalue weighted by Gasteiger charge is -2.31. The molecule has 1 aromatic heterocycles. The van der Waals surface area contributed by atoms with E-state index in [1.807, 2.05) is 6.07 Å². The maximum Gasteiger partial charge on any atom is 0.243 e. The van der Waals surface area contributed by atoms with Gasteiger partial charge in [0.25, 0.3) is 0 Å². The lowest BCUT2D eigenvalue weighted by atomic mass is 9.97. The molecule has 0 spiro atoms. The molecule has 136 valence electrons. The van der Waals surface area contributed by atoms with Crippen LogP contribution in [0.15, 0.2) is 35.2 Å². The molecular weight excluding hydrogens is 362 g/mol. The van der Waals surface area contributed by atoms with Crippen molar-refractivity contribution in [2.24, 2.45) is 0 Å². The second-order valence-corrected chi connectivity index (χ2v) is 8.23.